The smallest absolute Gasteiger partial charge is 0.253 e. The SMILES string of the molecule is CC(Oc1cc(F)c(F)c(F)c1)c1cc(C(=O)N2CCCC2)cc2ncc(N3CCOCC3)nc12. The van der Waals surface area contributed by atoms with Crippen molar-refractivity contribution < 1.29 is 27.4 Å². The number of benzene rings is 2. The Morgan fingerprint density at radius 2 is 1.71 bits per heavy atom. The Hall–Kier alpha value is -3.40. The quantitative estimate of drug-likeness (QED) is 0.502. The van der Waals surface area contributed by atoms with Crippen LogP contribution in [0.25, 0.3) is 11.0 Å². The minimum Gasteiger partial charge on any atom is -0.486 e. The van der Waals surface area contributed by atoms with Crippen molar-refractivity contribution in [3.05, 3.63) is 59.0 Å². The van der Waals surface area contributed by atoms with E-state index in [9.17, 15) is 18.0 Å². The number of morpholine rings is 1. The van der Waals surface area contributed by atoms with E-state index in [1.807, 2.05) is 0 Å². The molecule has 0 spiro atoms. The van der Waals surface area contributed by atoms with E-state index < -0.39 is 23.6 Å². The molecule has 0 radical (unpaired) electrons. The van der Waals surface area contributed by atoms with Crippen LogP contribution in [0.1, 0.15) is 41.8 Å². The maximum absolute atomic E-state index is 13.8. The first kappa shape index (κ1) is 23.3. The van der Waals surface area contributed by atoms with Gasteiger partial charge in [-0.3, -0.25) is 9.78 Å². The van der Waals surface area contributed by atoms with Gasteiger partial charge in [0.1, 0.15) is 17.7 Å². The Balaban J connectivity index is 1.56. The van der Waals surface area contributed by atoms with E-state index in [0.717, 1.165) is 25.0 Å². The predicted molar refractivity (Wildman–Crippen MR) is 123 cm³/mol. The Morgan fingerprint density at radius 3 is 2.40 bits per heavy atom. The van der Waals surface area contributed by atoms with Crippen LogP contribution >= 0.6 is 0 Å². The molecule has 1 atom stereocenters. The van der Waals surface area contributed by atoms with E-state index >= 15 is 0 Å². The van der Waals surface area contributed by atoms with Crippen LogP contribution in [0.4, 0.5) is 19.0 Å². The summed E-state index contributed by atoms with van der Waals surface area (Å²) in [6.07, 6.45) is 2.81. The average molecular weight is 486 g/mol. The normalized spacial score (nSPS) is 17.1. The lowest BCUT2D eigenvalue weighted by atomic mass is 10.0. The number of likely N-dealkylation sites (tertiary alicyclic amines) is 1. The molecule has 0 aliphatic carbocycles. The number of aromatic nitrogens is 2. The van der Waals surface area contributed by atoms with Crippen molar-refractivity contribution in [2.24, 2.45) is 0 Å². The van der Waals surface area contributed by atoms with Crippen LogP contribution in [0, 0.1) is 17.5 Å². The van der Waals surface area contributed by atoms with E-state index in [0.29, 0.717) is 67.4 Å². The number of nitrogens with zero attached hydrogens (tertiary/aromatic N) is 4. The van der Waals surface area contributed by atoms with Gasteiger partial charge in [0, 0.05) is 49.4 Å². The second-order valence-corrected chi connectivity index (χ2v) is 8.72. The highest BCUT2D eigenvalue weighted by Crippen LogP contribution is 2.31. The predicted octanol–water partition coefficient (Wildman–Crippen LogP) is 4.26. The number of anilines is 1. The van der Waals surface area contributed by atoms with Crippen LogP contribution in [0.15, 0.2) is 30.5 Å². The molecule has 1 amide bonds. The number of hydrogen-bond acceptors (Lipinski definition) is 6. The molecule has 5 rings (SSSR count). The lowest BCUT2D eigenvalue weighted by Gasteiger charge is -2.28. The van der Waals surface area contributed by atoms with Gasteiger partial charge in [-0.05, 0) is 31.9 Å². The lowest BCUT2D eigenvalue weighted by molar-refractivity contribution is 0.0792. The van der Waals surface area contributed by atoms with Crippen LogP contribution in [-0.4, -0.2) is 60.2 Å². The van der Waals surface area contributed by atoms with E-state index in [1.54, 1.807) is 30.2 Å². The Bertz CT molecular complexity index is 1240. The number of carbonyl (C=O) groups excluding carboxylic acids is 1. The zero-order valence-corrected chi connectivity index (χ0v) is 19.3. The van der Waals surface area contributed by atoms with Gasteiger partial charge >= 0.3 is 0 Å². The van der Waals surface area contributed by atoms with Gasteiger partial charge in [0.25, 0.3) is 5.91 Å². The van der Waals surface area contributed by atoms with Crippen molar-refractivity contribution in [2.45, 2.75) is 25.9 Å². The number of halogens is 3. The number of rotatable bonds is 5. The summed E-state index contributed by atoms with van der Waals surface area (Å²) in [5, 5.41) is 0. The Kier molecular flexibility index (Phi) is 6.46. The number of hydrogen-bond donors (Lipinski definition) is 0. The highest BCUT2D eigenvalue weighted by Gasteiger charge is 2.24. The summed E-state index contributed by atoms with van der Waals surface area (Å²) in [7, 11) is 0. The fourth-order valence-electron chi connectivity index (χ4n) is 4.48. The molecule has 3 aromatic rings. The molecule has 2 aliphatic heterocycles. The minimum atomic E-state index is -1.56. The maximum atomic E-state index is 13.8. The fourth-order valence-corrected chi connectivity index (χ4v) is 4.48. The highest BCUT2D eigenvalue weighted by atomic mass is 19.2. The molecular weight excluding hydrogens is 461 g/mol. The third-order valence-corrected chi connectivity index (χ3v) is 6.35. The number of ether oxygens (including phenoxy) is 2. The second kappa shape index (κ2) is 9.69. The first-order chi connectivity index (χ1) is 16.9. The van der Waals surface area contributed by atoms with Gasteiger partial charge in [-0.2, -0.15) is 0 Å². The maximum Gasteiger partial charge on any atom is 0.253 e. The summed E-state index contributed by atoms with van der Waals surface area (Å²) >= 11 is 0. The molecule has 10 heteroatoms. The first-order valence-corrected chi connectivity index (χ1v) is 11.6. The summed E-state index contributed by atoms with van der Waals surface area (Å²) in [5.74, 6) is -3.87. The molecule has 2 aliphatic rings. The van der Waals surface area contributed by atoms with Gasteiger partial charge in [-0.25, -0.2) is 18.2 Å². The van der Waals surface area contributed by atoms with Crippen LogP contribution in [0.3, 0.4) is 0 Å². The first-order valence-electron chi connectivity index (χ1n) is 11.6. The minimum absolute atomic E-state index is 0.115. The van der Waals surface area contributed by atoms with Gasteiger partial charge in [0.2, 0.25) is 0 Å². The van der Waals surface area contributed by atoms with Crippen molar-refractivity contribution >= 4 is 22.8 Å². The van der Waals surface area contributed by atoms with Gasteiger partial charge in [-0.15, -0.1) is 0 Å². The van der Waals surface area contributed by atoms with Crippen LogP contribution in [-0.2, 0) is 4.74 Å². The summed E-state index contributed by atoms with van der Waals surface area (Å²) in [4.78, 5) is 26.4. The van der Waals surface area contributed by atoms with Crippen LogP contribution in [0.5, 0.6) is 5.75 Å². The molecule has 1 unspecified atom stereocenters. The summed E-state index contributed by atoms with van der Waals surface area (Å²) in [5.41, 5.74) is 2.00. The Morgan fingerprint density at radius 1 is 1.03 bits per heavy atom. The molecule has 184 valence electrons. The zero-order chi connectivity index (χ0) is 24.5. The Labute approximate surface area is 200 Å². The van der Waals surface area contributed by atoms with Crippen molar-refractivity contribution in [3.63, 3.8) is 0 Å². The van der Waals surface area contributed by atoms with Crippen molar-refractivity contribution in [1.29, 1.82) is 0 Å². The summed E-state index contributed by atoms with van der Waals surface area (Å²) < 4.78 is 52.2. The summed E-state index contributed by atoms with van der Waals surface area (Å²) in [6.45, 7) is 5.56. The van der Waals surface area contributed by atoms with Crippen molar-refractivity contribution in [2.75, 3.05) is 44.3 Å². The molecule has 0 bridgehead atoms. The largest absolute Gasteiger partial charge is 0.486 e. The molecule has 0 N–H and O–H groups in total. The third-order valence-electron chi connectivity index (χ3n) is 6.35. The molecule has 3 heterocycles. The van der Waals surface area contributed by atoms with Gasteiger partial charge in [0.15, 0.2) is 17.5 Å². The number of amides is 1. The molecule has 2 fully saturated rings. The molecular formula is C25H25F3N4O3. The topological polar surface area (TPSA) is 67.8 Å². The summed E-state index contributed by atoms with van der Waals surface area (Å²) in [6, 6.07) is 4.99. The zero-order valence-electron chi connectivity index (χ0n) is 19.3. The molecule has 7 nitrogen and oxygen atoms in total. The van der Waals surface area contributed by atoms with Gasteiger partial charge in [-0.1, -0.05) is 0 Å². The molecule has 2 saturated heterocycles. The molecule has 35 heavy (non-hydrogen) atoms. The van der Waals surface area contributed by atoms with Crippen molar-refractivity contribution in [1.82, 2.24) is 14.9 Å². The van der Waals surface area contributed by atoms with Crippen LogP contribution in [0.2, 0.25) is 0 Å². The number of fused-ring (bicyclic) bond motifs is 1. The number of carbonyl (C=O) groups is 1. The monoisotopic (exact) mass is 486 g/mol. The average Bonchev–Trinajstić information content (AvgIpc) is 3.41. The van der Waals surface area contributed by atoms with Gasteiger partial charge in [0.05, 0.1) is 30.4 Å². The standard InChI is InChI=1S/C25H25F3N4O3/c1-15(35-17-12-19(26)23(28)20(27)13-17)18-10-16(25(33)32-4-2-3-5-32)11-21-24(18)30-22(14-29-21)31-6-8-34-9-7-31/h10-15H,2-9H2,1H3. The fraction of sp³-hybridized carbons (Fsp3) is 0.400. The molecule has 0 saturated carbocycles. The van der Waals surface area contributed by atoms with E-state index in [4.69, 9.17) is 14.5 Å². The molecule has 2 aromatic carbocycles. The van der Waals surface area contributed by atoms with E-state index in [2.05, 4.69) is 9.88 Å². The van der Waals surface area contributed by atoms with Crippen molar-refractivity contribution in [3.8, 4) is 5.75 Å². The molecule has 1 aromatic heterocycles. The lowest BCUT2D eigenvalue weighted by Crippen LogP contribution is -2.36. The van der Waals surface area contributed by atoms with Gasteiger partial charge < -0.3 is 19.3 Å². The van der Waals surface area contributed by atoms with E-state index in [1.165, 1.54) is 0 Å². The van der Waals surface area contributed by atoms with Crippen LogP contribution < -0.4 is 9.64 Å². The highest BCUT2D eigenvalue weighted by molar-refractivity contribution is 5.98. The van der Waals surface area contributed by atoms with E-state index in [-0.39, 0.29) is 11.7 Å². The third kappa shape index (κ3) is 4.75. The second-order valence-electron chi connectivity index (χ2n) is 8.72.